The second kappa shape index (κ2) is 3.82. The number of esters is 1. The minimum atomic E-state index is -0.190. The number of hydrogen-bond donors (Lipinski definition) is 0. The van der Waals surface area contributed by atoms with E-state index in [1.54, 1.807) is 0 Å². The van der Waals surface area contributed by atoms with Crippen LogP contribution in [0.2, 0.25) is 0 Å². The largest absolute Gasteiger partial charge is 0.466 e. The van der Waals surface area contributed by atoms with E-state index in [-0.39, 0.29) is 5.97 Å². The maximum absolute atomic E-state index is 11.2. The quantitative estimate of drug-likeness (QED) is 0.672. The van der Waals surface area contributed by atoms with Gasteiger partial charge in [0.1, 0.15) is 0 Å². The van der Waals surface area contributed by atoms with Crippen molar-refractivity contribution in [1.82, 2.24) is 9.78 Å². The van der Waals surface area contributed by atoms with E-state index in [1.165, 1.54) is 12.1 Å². The lowest BCUT2D eigenvalue weighted by molar-refractivity contribution is -0.142. The van der Waals surface area contributed by atoms with Gasteiger partial charge in [0.2, 0.25) is 0 Å². The Labute approximate surface area is 82.9 Å². The van der Waals surface area contributed by atoms with E-state index in [2.05, 4.69) is 5.10 Å². The van der Waals surface area contributed by atoms with E-state index in [0.717, 1.165) is 18.7 Å². The second-order valence-corrected chi connectivity index (χ2v) is 3.44. The molecule has 0 unspecified atom stereocenters. The second-order valence-electron chi connectivity index (χ2n) is 3.44. The predicted molar refractivity (Wildman–Crippen MR) is 50.9 cm³/mol. The molecular formula is C10H14N2O2. The van der Waals surface area contributed by atoms with Gasteiger partial charge in [-0.15, -0.1) is 0 Å². The molecule has 14 heavy (non-hydrogen) atoms. The van der Waals surface area contributed by atoms with Crippen LogP contribution in [0.3, 0.4) is 0 Å². The summed E-state index contributed by atoms with van der Waals surface area (Å²) in [5.74, 6) is -0.190. The minimum Gasteiger partial charge on any atom is -0.466 e. The van der Waals surface area contributed by atoms with Gasteiger partial charge in [0.25, 0.3) is 0 Å². The van der Waals surface area contributed by atoms with Crippen molar-refractivity contribution in [3.8, 4) is 0 Å². The summed E-state index contributed by atoms with van der Waals surface area (Å²) >= 11 is 0. The number of rotatable bonds is 3. The Balaban J connectivity index is 2.00. The van der Waals surface area contributed by atoms with Gasteiger partial charge in [0.05, 0.1) is 18.7 Å². The van der Waals surface area contributed by atoms with Gasteiger partial charge in [-0.05, 0) is 25.8 Å². The number of fused-ring (bicyclic) bond motifs is 1. The van der Waals surface area contributed by atoms with E-state index in [4.69, 9.17) is 4.74 Å². The summed E-state index contributed by atoms with van der Waals surface area (Å²) in [5.41, 5.74) is 2.07. The lowest BCUT2D eigenvalue weighted by Crippen LogP contribution is -2.08. The van der Waals surface area contributed by atoms with Gasteiger partial charge in [-0.1, -0.05) is 0 Å². The number of aromatic nitrogens is 2. The Hall–Kier alpha value is -1.32. The summed E-state index contributed by atoms with van der Waals surface area (Å²) in [5, 5.41) is 4.33. The Morgan fingerprint density at radius 3 is 3.29 bits per heavy atom. The predicted octanol–water partition coefficient (Wildman–Crippen LogP) is 0.935. The molecule has 2 rings (SSSR count). The molecule has 0 spiro atoms. The highest BCUT2D eigenvalue weighted by atomic mass is 16.5. The summed E-state index contributed by atoms with van der Waals surface area (Å²) < 4.78 is 6.84. The molecule has 1 aliphatic rings. The molecule has 4 nitrogen and oxygen atoms in total. The first-order valence-corrected chi connectivity index (χ1v) is 5.01. The average Bonchev–Trinajstić information content (AvgIpc) is 2.63. The van der Waals surface area contributed by atoms with E-state index in [0.29, 0.717) is 13.0 Å². The van der Waals surface area contributed by atoms with Gasteiger partial charge in [0, 0.05) is 12.2 Å². The monoisotopic (exact) mass is 194 g/mol. The molecule has 0 saturated heterocycles. The Kier molecular flexibility index (Phi) is 2.52. The zero-order chi connectivity index (χ0) is 9.97. The third-order valence-corrected chi connectivity index (χ3v) is 2.35. The van der Waals surface area contributed by atoms with Crippen LogP contribution < -0.4 is 0 Å². The van der Waals surface area contributed by atoms with Crippen LogP contribution in [-0.4, -0.2) is 22.4 Å². The zero-order valence-corrected chi connectivity index (χ0v) is 8.32. The molecule has 0 aromatic carbocycles. The third-order valence-electron chi connectivity index (χ3n) is 2.35. The van der Waals surface area contributed by atoms with Crippen molar-refractivity contribution < 1.29 is 9.53 Å². The Morgan fingerprint density at radius 1 is 1.71 bits per heavy atom. The summed E-state index contributed by atoms with van der Waals surface area (Å²) in [7, 11) is 0. The van der Waals surface area contributed by atoms with E-state index in [9.17, 15) is 4.79 Å². The smallest absolute Gasteiger partial charge is 0.311 e. The van der Waals surface area contributed by atoms with Crippen LogP contribution in [-0.2, 0) is 28.9 Å². The van der Waals surface area contributed by atoms with Crippen LogP contribution in [0.4, 0.5) is 0 Å². The molecule has 1 aromatic rings. The molecule has 0 amide bonds. The van der Waals surface area contributed by atoms with E-state index in [1.807, 2.05) is 17.7 Å². The van der Waals surface area contributed by atoms with Gasteiger partial charge in [0.15, 0.2) is 0 Å². The highest BCUT2D eigenvalue weighted by Gasteiger charge is 2.15. The molecule has 0 saturated carbocycles. The maximum atomic E-state index is 11.2. The van der Waals surface area contributed by atoms with Crippen molar-refractivity contribution >= 4 is 5.97 Å². The first-order valence-electron chi connectivity index (χ1n) is 5.01. The first kappa shape index (κ1) is 9.24. The van der Waals surface area contributed by atoms with Crippen molar-refractivity contribution in [3.63, 3.8) is 0 Å². The SMILES string of the molecule is CCOC(=O)Cc1cc2n(n1)CCC2. The fourth-order valence-corrected chi connectivity index (χ4v) is 1.77. The Bertz CT molecular complexity index is 322. The van der Waals surface area contributed by atoms with E-state index < -0.39 is 0 Å². The standard InChI is InChI=1S/C10H14N2O2/c1-2-14-10(13)7-8-6-9-4-3-5-12(9)11-8/h6H,2-5,7H2,1H3. The molecule has 0 bridgehead atoms. The number of aryl methyl sites for hydroxylation is 2. The zero-order valence-electron chi connectivity index (χ0n) is 8.32. The molecule has 1 aromatic heterocycles. The molecule has 0 N–H and O–H groups in total. The topological polar surface area (TPSA) is 44.1 Å². The number of nitrogens with zero attached hydrogens (tertiary/aromatic N) is 2. The van der Waals surface area contributed by atoms with Crippen LogP contribution in [0.1, 0.15) is 24.7 Å². The van der Waals surface area contributed by atoms with Gasteiger partial charge in [-0.2, -0.15) is 5.10 Å². The normalized spacial score (nSPS) is 14.1. The Morgan fingerprint density at radius 2 is 2.57 bits per heavy atom. The highest BCUT2D eigenvalue weighted by Crippen LogP contribution is 2.15. The molecule has 1 aliphatic heterocycles. The molecule has 0 aliphatic carbocycles. The lowest BCUT2D eigenvalue weighted by Gasteiger charge is -1.98. The highest BCUT2D eigenvalue weighted by molar-refractivity contribution is 5.71. The van der Waals surface area contributed by atoms with Crippen LogP contribution in [0.15, 0.2) is 6.07 Å². The van der Waals surface area contributed by atoms with Crippen molar-refractivity contribution in [3.05, 3.63) is 17.5 Å². The molecule has 4 heteroatoms. The van der Waals surface area contributed by atoms with Gasteiger partial charge >= 0.3 is 5.97 Å². The third kappa shape index (κ3) is 1.78. The van der Waals surface area contributed by atoms with Crippen LogP contribution in [0, 0.1) is 0 Å². The number of hydrogen-bond acceptors (Lipinski definition) is 3. The number of carbonyl (C=O) groups is 1. The van der Waals surface area contributed by atoms with Gasteiger partial charge in [-0.25, -0.2) is 0 Å². The fraction of sp³-hybridized carbons (Fsp3) is 0.600. The number of carbonyl (C=O) groups excluding carboxylic acids is 1. The van der Waals surface area contributed by atoms with Gasteiger partial charge < -0.3 is 4.74 Å². The first-order chi connectivity index (χ1) is 6.79. The molecule has 2 heterocycles. The molecule has 0 atom stereocenters. The maximum Gasteiger partial charge on any atom is 0.311 e. The molecular weight excluding hydrogens is 180 g/mol. The summed E-state index contributed by atoms with van der Waals surface area (Å²) in [4.78, 5) is 11.2. The molecule has 0 radical (unpaired) electrons. The summed E-state index contributed by atoms with van der Waals surface area (Å²) in [6.07, 6.45) is 2.55. The van der Waals surface area contributed by atoms with Crippen LogP contribution >= 0.6 is 0 Å². The van der Waals surface area contributed by atoms with Crippen molar-refractivity contribution in [2.24, 2.45) is 0 Å². The van der Waals surface area contributed by atoms with Crippen molar-refractivity contribution in [2.45, 2.75) is 32.7 Å². The van der Waals surface area contributed by atoms with Crippen molar-refractivity contribution in [1.29, 1.82) is 0 Å². The molecule has 76 valence electrons. The minimum absolute atomic E-state index is 0.190. The summed E-state index contributed by atoms with van der Waals surface area (Å²) in [6.45, 7) is 3.23. The van der Waals surface area contributed by atoms with Crippen molar-refractivity contribution in [2.75, 3.05) is 6.61 Å². The van der Waals surface area contributed by atoms with Crippen LogP contribution in [0.5, 0.6) is 0 Å². The number of ether oxygens (including phenoxy) is 1. The van der Waals surface area contributed by atoms with E-state index >= 15 is 0 Å². The van der Waals surface area contributed by atoms with Gasteiger partial charge in [-0.3, -0.25) is 9.48 Å². The summed E-state index contributed by atoms with van der Waals surface area (Å²) in [6, 6.07) is 2.00. The average molecular weight is 194 g/mol. The molecule has 0 fully saturated rings. The van der Waals surface area contributed by atoms with Crippen LogP contribution in [0.25, 0.3) is 0 Å². The fourth-order valence-electron chi connectivity index (χ4n) is 1.77. The lowest BCUT2D eigenvalue weighted by atomic mass is 10.2.